The third-order valence-electron chi connectivity index (χ3n) is 2.54. The SMILES string of the molecule is CC(CS(C)(=O)=O)Nc1nccn1C1CC1. The minimum absolute atomic E-state index is 0.116. The number of aromatic nitrogens is 2. The van der Waals surface area contributed by atoms with Crippen molar-refractivity contribution >= 4 is 15.8 Å². The Balaban J connectivity index is 2.00. The molecule has 6 heteroatoms. The molecule has 1 aliphatic rings. The lowest BCUT2D eigenvalue weighted by molar-refractivity contribution is 0.597. The summed E-state index contributed by atoms with van der Waals surface area (Å²) >= 11 is 0. The van der Waals surface area contributed by atoms with Gasteiger partial charge in [-0.15, -0.1) is 0 Å². The minimum atomic E-state index is -2.94. The molecule has 1 saturated carbocycles. The Hall–Kier alpha value is -1.04. The molecule has 1 unspecified atom stereocenters. The first-order valence-corrected chi connectivity index (χ1v) is 7.49. The Labute approximate surface area is 95.8 Å². The van der Waals surface area contributed by atoms with Crippen LogP contribution in [0.1, 0.15) is 25.8 Å². The van der Waals surface area contributed by atoms with Crippen LogP contribution in [0.15, 0.2) is 12.4 Å². The predicted octanol–water partition coefficient (Wildman–Crippen LogP) is 1.06. The highest BCUT2D eigenvalue weighted by Crippen LogP contribution is 2.36. The summed E-state index contributed by atoms with van der Waals surface area (Å²) in [4.78, 5) is 4.20. The molecular weight excluding hydrogens is 226 g/mol. The van der Waals surface area contributed by atoms with Crippen molar-refractivity contribution in [1.29, 1.82) is 0 Å². The highest BCUT2D eigenvalue weighted by Gasteiger charge is 2.26. The van der Waals surface area contributed by atoms with Crippen LogP contribution in [-0.2, 0) is 9.84 Å². The first kappa shape index (κ1) is 11.4. The van der Waals surface area contributed by atoms with Gasteiger partial charge >= 0.3 is 0 Å². The van der Waals surface area contributed by atoms with Gasteiger partial charge in [-0.1, -0.05) is 0 Å². The number of rotatable bonds is 5. The first-order valence-electron chi connectivity index (χ1n) is 5.43. The smallest absolute Gasteiger partial charge is 0.203 e. The molecule has 0 spiro atoms. The number of nitrogens with one attached hydrogen (secondary N) is 1. The van der Waals surface area contributed by atoms with Crippen molar-refractivity contribution in [3.05, 3.63) is 12.4 Å². The van der Waals surface area contributed by atoms with Crippen LogP contribution >= 0.6 is 0 Å². The molecule has 1 aromatic rings. The largest absolute Gasteiger partial charge is 0.352 e. The van der Waals surface area contributed by atoms with E-state index in [4.69, 9.17) is 0 Å². The topological polar surface area (TPSA) is 64.0 Å². The molecule has 90 valence electrons. The van der Waals surface area contributed by atoms with Gasteiger partial charge in [0.05, 0.1) is 5.75 Å². The predicted molar refractivity (Wildman–Crippen MR) is 63.3 cm³/mol. The Morgan fingerprint density at radius 2 is 2.31 bits per heavy atom. The van der Waals surface area contributed by atoms with Gasteiger partial charge in [0, 0.05) is 30.7 Å². The monoisotopic (exact) mass is 243 g/mol. The summed E-state index contributed by atoms with van der Waals surface area (Å²) in [6.07, 6.45) is 7.30. The Morgan fingerprint density at radius 1 is 1.62 bits per heavy atom. The van der Waals surface area contributed by atoms with Crippen LogP contribution in [-0.4, -0.2) is 36.0 Å². The van der Waals surface area contributed by atoms with Crippen molar-refractivity contribution in [3.8, 4) is 0 Å². The van der Waals surface area contributed by atoms with E-state index in [1.54, 1.807) is 6.20 Å². The molecule has 0 aliphatic heterocycles. The van der Waals surface area contributed by atoms with E-state index in [2.05, 4.69) is 14.9 Å². The number of sulfone groups is 1. The van der Waals surface area contributed by atoms with E-state index in [9.17, 15) is 8.42 Å². The minimum Gasteiger partial charge on any atom is -0.352 e. The molecule has 0 aromatic carbocycles. The second-order valence-electron chi connectivity index (χ2n) is 4.53. The third-order valence-corrected chi connectivity index (χ3v) is 3.64. The fraction of sp³-hybridized carbons (Fsp3) is 0.700. The first-order chi connectivity index (χ1) is 7.46. The standard InChI is InChI=1S/C10H17N3O2S/c1-8(7-16(2,14)15)12-10-11-5-6-13(10)9-3-4-9/h5-6,8-9H,3-4,7H2,1-2H3,(H,11,12). The fourth-order valence-electron chi connectivity index (χ4n) is 1.79. The Bertz CT molecular complexity index is 462. The lowest BCUT2D eigenvalue weighted by Crippen LogP contribution is -2.26. The van der Waals surface area contributed by atoms with Crippen LogP contribution in [0.25, 0.3) is 0 Å². The second-order valence-corrected chi connectivity index (χ2v) is 6.71. The molecule has 0 saturated heterocycles. The van der Waals surface area contributed by atoms with Gasteiger partial charge in [0.1, 0.15) is 9.84 Å². The molecule has 1 N–H and O–H groups in total. The molecule has 16 heavy (non-hydrogen) atoms. The molecule has 1 heterocycles. The highest BCUT2D eigenvalue weighted by atomic mass is 32.2. The van der Waals surface area contributed by atoms with Crippen LogP contribution in [0.4, 0.5) is 5.95 Å². The molecule has 2 rings (SSSR count). The molecule has 0 bridgehead atoms. The summed E-state index contributed by atoms with van der Waals surface area (Å²) in [6, 6.07) is 0.435. The van der Waals surface area contributed by atoms with E-state index >= 15 is 0 Å². The zero-order chi connectivity index (χ0) is 11.8. The molecule has 0 amide bonds. The maximum absolute atomic E-state index is 11.1. The molecule has 1 aliphatic carbocycles. The summed E-state index contributed by atoms with van der Waals surface area (Å²) < 4.78 is 24.4. The molecule has 1 aromatic heterocycles. The average Bonchev–Trinajstić information content (AvgIpc) is 2.85. The maximum atomic E-state index is 11.1. The second kappa shape index (κ2) is 4.08. The molecule has 5 nitrogen and oxygen atoms in total. The normalized spacial score (nSPS) is 18.4. The molecular formula is C10H17N3O2S. The van der Waals surface area contributed by atoms with Gasteiger partial charge in [-0.3, -0.25) is 0 Å². The van der Waals surface area contributed by atoms with Crippen LogP contribution in [0.5, 0.6) is 0 Å². The summed E-state index contributed by atoms with van der Waals surface area (Å²) in [5.41, 5.74) is 0. The van der Waals surface area contributed by atoms with E-state index in [0.717, 1.165) is 5.95 Å². The van der Waals surface area contributed by atoms with Crippen molar-refractivity contribution in [3.63, 3.8) is 0 Å². The van der Waals surface area contributed by atoms with Gasteiger partial charge < -0.3 is 9.88 Å². The van der Waals surface area contributed by atoms with Gasteiger partial charge in [-0.05, 0) is 19.8 Å². The Kier molecular flexibility index (Phi) is 2.92. The Morgan fingerprint density at radius 3 is 2.88 bits per heavy atom. The summed E-state index contributed by atoms with van der Waals surface area (Å²) in [7, 11) is -2.94. The van der Waals surface area contributed by atoms with Gasteiger partial charge in [-0.25, -0.2) is 13.4 Å². The zero-order valence-electron chi connectivity index (χ0n) is 9.55. The highest BCUT2D eigenvalue weighted by molar-refractivity contribution is 7.90. The summed E-state index contributed by atoms with van der Waals surface area (Å²) in [6.45, 7) is 1.85. The average molecular weight is 243 g/mol. The van der Waals surface area contributed by atoms with E-state index in [-0.39, 0.29) is 11.8 Å². The molecule has 1 atom stereocenters. The quantitative estimate of drug-likeness (QED) is 0.840. The van der Waals surface area contributed by atoms with E-state index in [0.29, 0.717) is 6.04 Å². The number of hydrogen-bond acceptors (Lipinski definition) is 4. The summed E-state index contributed by atoms with van der Waals surface area (Å²) in [5.74, 6) is 0.906. The molecule has 1 fully saturated rings. The van der Waals surface area contributed by atoms with Crippen LogP contribution < -0.4 is 5.32 Å². The van der Waals surface area contributed by atoms with Crippen molar-refractivity contribution in [2.45, 2.75) is 31.8 Å². The van der Waals surface area contributed by atoms with E-state index < -0.39 is 9.84 Å². The van der Waals surface area contributed by atoms with Crippen LogP contribution in [0.2, 0.25) is 0 Å². The van der Waals surface area contributed by atoms with E-state index in [1.807, 2.05) is 13.1 Å². The third kappa shape index (κ3) is 2.98. The van der Waals surface area contributed by atoms with Crippen LogP contribution in [0, 0.1) is 0 Å². The molecule has 0 radical (unpaired) electrons. The lowest BCUT2D eigenvalue weighted by atomic mass is 10.4. The number of hydrogen-bond donors (Lipinski definition) is 1. The van der Waals surface area contributed by atoms with Gasteiger partial charge in [0.15, 0.2) is 0 Å². The zero-order valence-corrected chi connectivity index (χ0v) is 10.4. The van der Waals surface area contributed by atoms with Gasteiger partial charge in [-0.2, -0.15) is 0 Å². The van der Waals surface area contributed by atoms with Gasteiger partial charge in [0.25, 0.3) is 0 Å². The van der Waals surface area contributed by atoms with Crippen molar-refractivity contribution in [2.24, 2.45) is 0 Å². The number of nitrogens with zero attached hydrogens (tertiary/aromatic N) is 2. The summed E-state index contributed by atoms with van der Waals surface area (Å²) in [5, 5.41) is 3.14. The van der Waals surface area contributed by atoms with Gasteiger partial charge in [0.2, 0.25) is 5.95 Å². The number of imidazole rings is 1. The van der Waals surface area contributed by atoms with Crippen molar-refractivity contribution in [1.82, 2.24) is 9.55 Å². The van der Waals surface area contributed by atoms with Crippen molar-refractivity contribution < 1.29 is 8.42 Å². The van der Waals surface area contributed by atoms with Crippen molar-refractivity contribution in [2.75, 3.05) is 17.3 Å². The maximum Gasteiger partial charge on any atom is 0.203 e. The van der Waals surface area contributed by atoms with E-state index in [1.165, 1.54) is 19.1 Å². The number of anilines is 1. The fourth-order valence-corrected chi connectivity index (χ4v) is 2.78. The van der Waals surface area contributed by atoms with Crippen LogP contribution in [0.3, 0.4) is 0 Å². The lowest BCUT2D eigenvalue weighted by Gasteiger charge is -2.14.